The molecule has 3 rings (SSSR count). The Morgan fingerprint density at radius 1 is 1.00 bits per heavy atom. The minimum Gasteiger partial charge on any atom is -0.360 e. The standard InChI is InChI=1S/C18H25N3O5S2/c1-14-18(15(2)26-19-14)28(24,25)21-10-4-9-20(11-12-21)13-16-5-7-17(8-6-16)27(3,22)23/h5-8H,4,9-13H2,1-3H3. The topological polar surface area (TPSA) is 101 Å². The van der Waals surface area contributed by atoms with Crippen molar-refractivity contribution < 1.29 is 21.4 Å². The lowest BCUT2D eigenvalue weighted by Gasteiger charge is -2.21. The van der Waals surface area contributed by atoms with Gasteiger partial charge in [-0.1, -0.05) is 17.3 Å². The van der Waals surface area contributed by atoms with Crippen molar-refractivity contribution >= 4 is 19.9 Å². The quantitative estimate of drug-likeness (QED) is 0.714. The van der Waals surface area contributed by atoms with Crippen LogP contribution in [0.2, 0.25) is 0 Å². The number of nitrogens with zero attached hydrogens (tertiary/aromatic N) is 3. The molecule has 0 radical (unpaired) electrons. The van der Waals surface area contributed by atoms with Gasteiger partial charge in [-0.2, -0.15) is 4.31 Å². The first kappa shape index (κ1) is 21.0. The third-order valence-electron chi connectivity index (χ3n) is 4.87. The highest BCUT2D eigenvalue weighted by molar-refractivity contribution is 7.90. The van der Waals surface area contributed by atoms with Crippen molar-refractivity contribution in [2.24, 2.45) is 0 Å². The lowest BCUT2D eigenvalue weighted by Crippen LogP contribution is -2.35. The van der Waals surface area contributed by atoms with Crippen molar-refractivity contribution in [3.05, 3.63) is 41.3 Å². The lowest BCUT2D eigenvalue weighted by molar-refractivity contribution is 0.278. The Hall–Kier alpha value is -1.75. The first-order valence-corrected chi connectivity index (χ1v) is 12.4. The van der Waals surface area contributed by atoms with Crippen LogP contribution >= 0.6 is 0 Å². The molecular weight excluding hydrogens is 402 g/mol. The molecular formula is C18H25N3O5S2. The van der Waals surface area contributed by atoms with Crippen LogP contribution in [0.25, 0.3) is 0 Å². The summed E-state index contributed by atoms with van der Waals surface area (Å²) in [7, 11) is -6.85. The minimum absolute atomic E-state index is 0.164. The molecule has 0 N–H and O–H groups in total. The van der Waals surface area contributed by atoms with Crippen molar-refractivity contribution in [3.8, 4) is 0 Å². The fourth-order valence-corrected chi connectivity index (χ4v) is 5.81. The van der Waals surface area contributed by atoms with E-state index in [2.05, 4.69) is 10.1 Å². The molecule has 2 heterocycles. The second-order valence-electron chi connectivity index (χ2n) is 7.10. The predicted octanol–water partition coefficient (Wildman–Crippen LogP) is 1.59. The molecule has 1 aromatic carbocycles. The van der Waals surface area contributed by atoms with E-state index in [4.69, 9.17) is 4.52 Å². The minimum atomic E-state index is -3.64. The summed E-state index contributed by atoms with van der Waals surface area (Å²) in [5.41, 5.74) is 1.37. The van der Waals surface area contributed by atoms with E-state index >= 15 is 0 Å². The normalized spacial score (nSPS) is 17.5. The summed E-state index contributed by atoms with van der Waals surface area (Å²) in [6.07, 6.45) is 1.90. The van der Waals surface area contributed by atoms with E-state index in [0.717, 1.165) is 12.1 Å². The molecule has 0 spiro atoms. The van der Waals surface area contributed by atoms with Crippen molar-refractivity contribution in [2.45, 2.75) is 36.6 Å². The molecule has 1 aliphatic heterocycles. The smallest absolute Gasteiger partial charge is 0.248 e. The van der Waals surface area contributed by atoms with Crippen LogP contribution in [0.4, 0.5) is 0 Å². The summed E-state index contributed by atoms with van der Waals surface area (Å²) < 4.78 is 55.6. The molecule has 0 saturated carbocycles. The summed E-state index contributed by atoms with van der Waals surface area (Å²) in [5, 5.41) is 3.76. The summed E-state index contributed by atoms with van der Waals surface area (Å²) in [6.45, 7) is 6.07. The summed E-state index contributed by atoms with van der Waals surface area (Å²) >= 11 is 0. The average molecular weight is 428 g/mol. The first-order chi connectivity index (χ1) is 13.1. The molecule has 8 nitrogen and oxygen atoms in total. The molecule has 28 heavy (non-hydrogen) atoms. The van der Waals surface area contributed by atoms with E-state index in [1.165, 1.54) is 10.6 Å². The number of sulfone groups is 1. The highest BCUT2D eigenvalue weighted by Crippen LogP contribution is 2.24. The Morgan fingerprint density at radius 3 is 2.25 bits per heavy atom. The molecule has 1 saturated heterocycles. The number of hydrogen-bond acceptors (Lipinski definition) is 7. The second-order valence-corrected chi connectivity index (χ2v) is 11.0. The van der Waals surface area contributed by atoms with E-state index in [0.29, 0.717) is 48.9 Å². The van der Waals surface area contributed by atoms with Gasteiger partial charge in [-0.3, -0.25) is 4.90 Å². The monoisotopic (exact) mass is 427 g/mol. The van der Waals surface area contributed by atoms with Gasteiger partial charge in [-0.15, -0.1) is 0 Å². The Balaban J connectivity index is 1.68. The maximum atomic E-state index is 13.0. The van der Waals surface area contributed by atoms with Crippen LogP contribution in [-0.4, -0.2) is 63.6 Å². The molecule has 154 valence electrons. The van der Waals surface area contributed by atoms with Gasteiger partial charge in [-0.25, -0.2) is 16.8 Å². The van der Waals surface area contributed by atoms with E-state index in [1.807, 2.05) is 0 Å². The number of benzene rings is 1. The molecule has 0 unspecified atom stereocenters. The molecule has 0 bridgehead atoms. The van der Waals surface area contributed by atoms with Gasteiger partial charge in [0.15, 0.2) is 15.6 Å². The molecule has 0 aliphatic carbocycles. The van der Waals surface area contributed by atoms with Gasteiger partial charge in [0.1, 0.15) is 10.6 Å². The zero-order valence-corrected chi connectivity index (χ0v) is 17.9. The third kappa shape index (κ3) is 4.45. The third-order valence-corrected chi connectivity index (χ3v) is 8.14. The summed E-state index contributed by atoms with van der Waals surface area (Å²) in [4.78, 5) is 2.64. The summed E-state index contributed by atoms with van der Waals surface area (Å²) in [5.74, 6) is 0.310. The molecule has 10 heteroatoms. The first-order valence-electron chi connectivity index (χ1n) is 9.03. The maximum Gasteiger partial charge on any atom is 0.248 e. The zero-order valence-electron chi connectivity index (χ0n) is 16.3. The van der Waals surface area contributed by atoms with Gasteiger partial charge in [0.05, 0.1) is 4.90 Å². The number of hydrogen-bond donors (Lipinski definition) is 0. The van der Waals surface area contributed by atoms with Crippen molar-refractivity contribution in [2.75, 3.05) is 32.4 Å². The second kappa shape index (κ2) is 7.94. The van der Waals surface area contributed by atoms with Crippen LogP contribution in [0.5, 0.6) is 0 Å². The lowest BCUT2D eigenvalue weighted by atomic mass is 10.2. The average Bonchev–Trinajstić information content (AvgIpc) is 2.81. The van der Waals surface area contributed by atoms with Gasteiger partial charge in [0.2, 0.25) is 10.0 Å². The summed E-state index contributed by atoms with van der Waals surface area (Å²) in [6, 6.07) is 6.83. The van der Waals surface area contributed by atoms with Crippen LogP contribution in [0.3, 0.4) is 0 Å². The van der Waals surface area contributed by atoms with Crippen molar-refractivity contribution in [1.82, 2.24) is 14.4 Å². The van der Waals surface area contributed by atoms with Crippen molar-refractivity contribution in [1.29, 1.82) is 0 Å². The van der Waals surface area contributed by atoms with Crippen LogP contribution in [0.15, 0.2) is 38.6 Å². The number of sulfonamides is 1. The van der Waals surface area contributed by atoms with Gasteiger partial charge in [-0.05, 0) is 44.5 Å². The van der Waals surface area contributed by atoms with E-state index in [1.54, 1.807) is 38.1 Å². The van der Waals surface area contributed by atoms with Crippen LogP contribution in [-0.2, 0) is 26.4 Å². The fraction of sp³-hybridized carbons (Fsp3) is 0.500. The van der Waals surface area contributed by atoms with Gasteiger partial charge >= 0.3 is 0 Å². The highest BCUT2D eigenvalue weighted by Gasteiger charge is 2.32. The molecule has 1 fully saturated rings. The zero-order chi connectivity index (χ0) is 20.5. The number of aryl methyl sites for hydroxylation is 2. The molecule has 0 atom stereocenters. The predicted molar refractivity (Wildman–Crippen MR) is 104 cm³/mol. The SMILES string of the molecule is Cc1noc(C)c1S(=O)(=O)N1CCCN(Cc2ccc(S(C)(=O)=O)cc2)CC1. The maximum absolute atomic E-state index is 13.0. The fourth-order valence-electron chi connectivity index (χ4n) is 3.42. The van der Waals surface area contributed by atoms with E-state index in [-0.39, 0.29) is 4.90 Å². The Labute approximate surface area is 166 Å². The number of rotatable bonds is 5. The highest BCUT2D eigenvalue weighted by atomic mass is 32.2. The number of aromatic nitrogens is 1. The molecule has 2 aromatic rings. The van der Waals surface area contributed by atoms with Crippen LogP contribution < -0.4 is 0 Å². The molecule has 1 aromatic heterocycles. The van der Waals surface area contributed by atoms with E-state index < -0.39 is 19.9 Å². The van der Waals surface area contributed by atoms with E-state index in [9.17, 15) is 16.8 Å². The van der Waals surface area contributed by atoms with Gasteiger partial charge < -0.3 is 4.52 Å². The van der Waals surface area contributed by atoms with Gasteiger partial charge in [0, 0.05) is 32.4 Å². The van der Waals surface area contributed by atoms with Crippen LogP contribution in [0, 0.1) is 13.8 Å². The molecule has 0 amide bonds. The molecule has 1 aliphatic rings. The Morgan fingerprint density at radius 2 is 1.68 bits per heavy atom. The largest absolute Gasteiger partial charge is 0.360 e. The van der Waals surface area contributed by atoms with Crippen LogP contribution in [0.1, 0.15) is 23.4 Å². The van der Waals surface area contributed by atoms with Gasteiger partial charge in [0.25, 0.3) is 0 Å². The van der Waals surface area contributed by atoms with Crippen molar-refractivity contribution in [3.63, 3.8) is 0 Å². The Bertz CT molecular complexity index is 1020. The Kier molecular flexibility index (Phi) is 5.95.